The van der Waals surface area contributed by atoms with Crippen LogP contribution in [0.5, 0.6) is 11.6 Å². The predicted octanol–water partition coefficient (Wildman–Crippen LogP) is 4.26. The van der Waals surface area contributed by atoms with Crippen LogP contribution in [0.25, 0.3) is 0 Å². The lowest BCUT2D eigenvalue weighted by molar-refractivity contribution is -0.385. The molecular weight excluding hydrogens is 294 g/mol. The molecule has 0 aliphatic rings. The Morgan fingerprint density at radius 1 is 1.33 bits per heavy atom. The molecule has 0 saturated carbocycles. The van der Waals surface area contributed by atoms with Crippen LogP contribution >= 0.6 is 11.6 Å². The van der Waals surface area contributed by atoms with E-state index in [1.165, 1.54) is 12.4 Å². The number of aryl methyl sites for hydroxylation is 1. The molecule has 0 saturated heterocycles. The van der Waals surface area contributed by atoms with Gasteiger partial charge in [-0.1, -0.05) is 31.5 Å². The average Bonchev–Trinajstić information content (AvgIpc) is 2.40. The Bertz CT molecular complexity index is 689. The van der Waals surface area contributed by atoms with Crippen LogP contribution in [-0.2, 0) is 0 Å². The van der Waals surface area contributed by atoms with Gasteiger partial charge in [0, 0.05) is 6.07 Å². The highest BCUT2D eigenvalue weighted by molar-refractivity contribution is 6.30. The third-order valence-corrected chi connectivity index (χ3v) is 3.20. The molecule has 2 aromatic rings. The van der Waals surface area contributed by atoms with Crippen molar-refractivity contribution >= 4 is 17.3 Å². The Morgan fingerprint density at radius 2 is 2.05 bits per heavy atom. The van der Waals surface area contributed by atoms with Crippen LogP contribution in [0.3, 0.4) is 0 Å². The maximum absolute atomic E-state index is 11.1. The molecule has 21 heavy (non-hydrogen) atoms. The molecule has 6 nitrogen and oxygen atoms in total. The van der Waals surface area contributed by atoms with Crippen molar-refractivity contribution in [2.75, 3.05) is 0 Å². The first-order chi connectivity index (χ1) is 9.90. The number of rotatable bonds is 4. The molecule has 1 aromatic heterocycles. The van der Waals surface area contributed by atoms with Gasteiger partial charge in [-0.15, -0.1) is 0 Å². The summed E-state index contributed by atoms with van der Waals surface area (Å²) in [5.74, 6) is 0.387. The van der Waals surface area contributed by atoms with Crippen molar-refractivity contribution in [2.45, 2.75) is 26.7 Å². The summed E-state index contributed by atoms with van der Waals surface area (Å²) in [6, 6.07) is 4.74. The second-order valence-electron chi connectivity index (χ2n) is 4.87. The van der Waals surface area contributed by atoms with Gasteiger partial charge in [-0.3, -0.25) is 10.1 Å². The molecule has 0 atom stereocenters. The van der Waals surface area contributed by atoms with Crippen molar-refractivity contribution in [2.24, 2.45) is 0 Å². The normalized spacial score (nSPS) is 10.7. The van der Waals surface area contributed by atoms with Crippen molar-refractivity contribution in [1.29, 1.82) is 0 Å². The van der Waals surface area contributed by atoms with Gasteiger partial charge in [0.05, 0.1) is 10.5 Å². The molecule has 1 heterocycles. The van der Waals surface area contributed by atoms with Crippen LogP contribution in [0.4, 0.5) is 5.69 Å². The SMILES string of the molecule is Cc1ccc(Oc2ncnc(Cl)c2C(C)C)c([N+](=O)[O-])c1. The summed E-state index contributed by atoms with van der Waals surface area (Å²) in [5, 5.41) is 11.4. The molecule has 0 aliphatic carbocycles. The predicted molar refractivity (Wildman–Crippen MR) is 79.0 cm³/mol. The molecule has 0 unspecified atom stereocenters. The van der Waals surface area contributed by atoms with Crippen molar-refractivity contribution in [3.8, 4) is 11.6 Å². The Balaban J connectivity index is 2.49. The second kappa shape index (κ2) is 6.05. The summed E-state index contributed by atoms with van der Waals surface area (Å²) >= 11 is 6.05. The lowest BCUT2D eigenvalue weighted by Gasteiger charge is -2.13. The lowest BCUT2D eigenvalue weighted by atomic mass is 10.1. The number of nitro benzene ring substituents is 1. The molecule has 1 aromatic carbocycles. The summed E-state index contributed by atoms with van der Waals surface area (Å²) in [6.45, 7) is 5.61. The number of nitrogens with zero attached hydrogens (tertiary/aromatic N) is 3. The first-order valence-corrected chi connectivity index (χ1v) is 6.71. The fourth-order valence-corrected chi connectivity index (χ4v) is 2.23. The fraction of sp³-hybridized carbons (Fsp3) is 0.286. The van der Waals surface area contributed by atoms with Crippen LogP contribution in [-0.4, -0.2) is 14.9 Å². The minimum atomic E-state index is -0.486. The largest absolute Gasteiger partial charge is 0.431 e. The van der Waals surface area contributed by atoms with Gasteiger partial charge in [0.2, 0.25) is 11.6 Å². The molecule has 0 radical (unpaired) electrons. The minimum Gasteiger partial charge on any atom is -0.431 e. The maximum Gasteiger partial charge on any atom is 0.311 e. The molecule has 0 aliphatic heterocycles. The lowest BCUT2D eigenvalue weighted by Crippen LogP contribution is -2.01. The number of hydrogen-bond acceptors (Lipinski definition) is 5. The Kier molecular flexibility index (Phi) is 4.37. The standard InChI is InChI=1S/C14H14ClN3O3/c1-8(2)12-13(15)16-7-17-14(12)21-11-5-4-9(3)6-10(11)18(19)20/h4-8H,1-3H3. The quantitative estimate of drug-likeness (QED) is 0.479. The van der Waals surface area contributed by atoms with Gasteiger partial charge >= 0.3 is 5.69 Å². The Hall–Kier alpha value is -2.21. The molecule has 2 rings (SSSR count). The van der Waals surface area contributed by atoms with Gasteiger partial charge in [-0.05, 0) is 24.5 Å². The summed E-state index contributed by atoms with van der Waals surface area (Å²) < 4.78 is 5.62. The van der Waals surface area contributed by atoms with E-state index in [-0.39, 0.29) is 28.4 Å². The van der Waals surface area contributed by atoms with Gasteiger partial charge in [0.1, 0.15) is 11.5 Å². The number of hydrogen-bond donors (Lipinski definition) is 0. The Morgan fingerprint density at radius 3 is 2.67 bits per heavy atom. The van der Waals surface area contributed by atoms with Gasteiger partial charge in [-0.25, -0.2) is 9.97 Å². The van der Waals surface area contributed by atoms with Crippen molar-refractivity contribution < 1.29 is 9.66 Å². The van der Waals surface area contributed by atoms with Crippen molar-refractivity contribution in [1.82, 2.24) is 9.97 Å². The highest BCUT2D eigenvalue weighted by Crippen LogP contribution is 2.36. The molecule has 110 valence electrons. The topological polar surface area (TPSA) is 78.2 Å². The zero-order chi connectivity index (χ0) is 15.6. The van der Waals surface area contributed by atoms with Crippen LogP contribution < -0.4 is 4.74 Å². The van der Waals surface area contributed by atoms with Crippen molar-refractivity contribution in [3.05, 3.63) is 50.9 Å². The van der Waals surface area contributed by atoms with E-state index < -0.39 is 4.92 Å². The Labute approximate surface area is 126 Å². The van der Waals surface area contributed by atoms with E-state index in [0.717, 1.165) is 5.56 Å². The zero-order valence-electron chi connectivity index (χ0n) is 11.8. The van der Waals surface area contributed by atoms with Crippen LogP contribution in [0, 0.1) is 17.0 Å². The highest BCUT2D eigenvalue weighted by atomic mass is 35.5. The molecule has 0 bridgehead atoms. The molecule has 0 N–H and O–H groups in total. The third kappa shape index (κ3) is 3.28. The van der Waals surface area contributed by atoms with Gasteiger partial charge < -0.3 is 4.74 Å². The van der Waals surface area contributed by atoms with E-state index in [1.54, 1.807) is 19.1 Å². The van der Waals surface area contributed by atoms with Crippen LogP contribution in [0.2, 0.25) is 5.15 Å². The maximum atomic E-state index is 11.1. The molecule has 0 fully saturated rings. The second-order valence-corrected chi connectivity index (χ2v) is 5.23. The van der Waals surface area contributed by atoms with Crippen LogP contribution in [0.15, 0.2) is 24.5 Å². The summed E-state index contributed by atoms with van der Waals surface area (Å²) in [6.07, 6.45) is 1.27. The summed E-state index contributed by atoms with van der Waals surface area (Å²) in [5.41, 5.74) is 1.28. The molecular formula is C14H14ClN3O3. The number of halogens is 1. The monoisotopic (exact) mass is 307 g/mol. The van der Waals surface area contributed by atoms with Gasteiger partial charge in [0.25, 0.3) is 0 Å². The summed E-state index contributed by atoms with van der Waals surface area (Å²) in [7, 11) is 0. The highest BCUT2D eigenvalue weighted by Gasteiger charge is 2.20. The van der Waals surface area contributed by atoms with Crippen molar-refractivity contribution in [3.63, 3.8) is 0 Å². The van der Waals surface area contributed by atoms with Gasteiger partial charge in [0.15, 0.2) is 0 Å². The van der Waals surface area contributed by atoms with E-state index in [1.807, 2.05) is 13.8 Å². The first-order valence-electron chi connectivity index (χ1n) is 6.33. The smallest absolute Gasteiger partial charge is 0.311 e. The number of benzene rings is 1. The third-order valence-electron chi connectivity index (χ3n) is 2.89. The zero-order valence-corrected chi connectivity index (χ0v) is 12.6. The van der Waals surface area contributed by atoms with Crippen LogP contribution in [0.1, 0.15) is 30.9 Å². The number of aromatic nitrogens is 2. The van der Waals surface area contributed by atoms with E-state index in [2.05, 4.69) is 9.97 Å². The average molecular weight is 308 g/mol. The molecule has 0 amide bonds. The molecule has 7 heteroatoms. The van der Waals surface area contributed by atoms with Gasteiger partial charge in [-0.2, -0.15) is 0 Å². The van der Waals surface area contributed by atoms with E-state index >= 15 is 0 Å². The number of nitro groups is 1. The fourth-order valence-electron chi connectivity index (χ4n) is 1.89. The summed E-state index contributed by atoms with van der Waals surface area (Å²) in [4.78, 5) is 18.6. The van der Waals surface area contributed by atoms with E-state index in [0.29, 0.717) is 5.56 Å². The number of ether oxygens (including phenoxy) is 1. The molecule has 0 spiro atoms. The van der Waals surface area contributed by atoms with E-state index in [9.17, 15) is 10.1 Å². The minimum absolute atomic E-state index is 0.0261. The first kappa shape index (κ1) is 15.2. The van der Waals surface area contributed by atoms with E-state index in [4.69, 9.17) is 16.3 Å².